The van der Waals surface area contributed by atoms with Crippen LogP contribution in [0.25, 0.3) is 0 Å². The summed E-state index contributed by atoms with van der Waals surface area (Å²) >= 11 is 0. The van der Waals surface area contributed by atoms with E-state index in [1.807, 2.05) is 0 Å². The Kier molecular flexibility index (Phi) is 4.57. The molecule has 0 saturated heterocycles. The van der Waals surface area contributed by atoms with Crippen LogP contribution >= 0.6 is 0 Å². The van der Waals surface area contributed by atoms with Crippen LogP contribution in [-0.2, 0) is 12.8 Å². The molecule has 1 aromatic heterocycles. The van der Waals surface area contributed by atoms with E-state index in [1.54, 1.807) is 0 Å². The fourth-order valence-corrected chi connectivity index (χ4v) is 2.58. The van der Waals surface area contributed by atoms with Gasteiger partial charge in [0.25, 0.3) is 5.91 Å². The van der Waals surface area contributed by atoms with Gasteiger partial charge >= 0.3 is 0 Å². The van der Waals surface area contributed by atoms with Crippen LogP contribution in [0.3, 0.4) is 0 Å². The number of carbonyl (C=O) groups is 1. The van der Waals surface area contributed by atoms with Gasteiger partial charge in [-0.05, 0) is 43.5 Å². The average Bonchev–Trinajstić information content (AvgIpc) is 3.15. The third-order valence-electron chi connectivity index (χ3n) is 3.78. The standard InChI is InChI=1S/C16H18FN3O3/c17-10-4-6-12(7-5-10)23-9-11(21)8-18-16(22)15-13-2-1-3-14(13)19-20-15/h4-7,11,21H,1-3,8-9H2,(H,18,22)(H,19,20). The van der Waals surface area contributed by atoms with Crippen molar-refractivity contribution in [1.82, 2.24) is 15.5 Å². The summed E-state index contributed by atoms with van der Waals surface area (Å²) in [7, 11) is 0. The second-order valence-corrected chi connectivity index (χ2v) is 5.51. The van der Waals surface area contributed by atoms with Crippen LogP contribution in [0.1, 0.15) is 28.2 Å². The van der Waals surface area contributed by atoms with Crippen molar-refractivity contribution >= 4 is 5.91 Å². The summed E-state index contributed by atoms with van der Waals surface area (Å²) in [5, 5.41) is 19.4. The average molecular weight is 319 g/mol. The minimum Gasteiger partial charge on any atom is -0.491 e. The normalized spacial score (nSPS) is 14.3. The Hall–Kier alpha value is -2.41. The molecule has 1 aromatic carbocycles. The molecule has 23 heavy (non-hydrogen) atoms. The van der Waals surface area contributed by atoms with Gasteiger partial charge in [0.05, 0.1) is 0 Å². The Morgan fingerprint density at radius 2 is 2.17 bits per heavy atom. The predicted molar refractivity (Wildman–Crippen MR) is 80.8 cm³/mol. The molecule has 0 saturated carbocycles. The summed E-state index contributed by atoms with van der Waals surface area (Å²) in [6, 6.07) is 5.52. The van der Waals surface area contributed by atoms with Gasteiger partial charge in [0, 0.05) is 17.8 Å². The number of H-pyrrole nitrogens is 1. The van der Waals surface area contributed by atoms with Crippen molar-refractivity contribution < 1.29 is 19.0 Å². The number of ether oxygens (including phenoxy) is 1. The van der Waals surface area contributed by atoms with Gasteiger partial charge in [-0.1, -0.05) is 0 Å². The molecule has 1 atom stereocenters. The van der Waals surface area contributed by atoms with Gasteiger partial charge in [-0.15, -0.1) is 0 Å². The molecule has 1 amide bonds. The number of hydrogen-bond donors (Lipinski definition) is 3. The first-order chi connectivity index (χ1) is 11.1. The molecule has 3 rings (SSSR count). The molecule has 6 nitrogen and oxygen atoms in total. The molecule has 1 unspecified atom stereocenters. The van der Waals surface area contributed by atoms with Gasteiger partial charge in [-0.2, -0.15) is 5.10 Å². The molecule has 0 aliphatic heterocycles. The van der Waals surface area contributed by atoms with E-state index in [4.69, 9.17) is 4.74 Å². The van der Waals surface area contributed by atoms with Crippen LogP contribution in [0.15, 0.2) is 24.3 Å². The Bertz CT molecular complexity index is 684. The molecule has 7 heteroatoms. The van der Waals surface area contributed by atoms with Crippen LogP contribution < -0.4 is 10.1 Å². The van der Waals surface area contributed by atoms with Crippen LogP contribution in [-0.4, -0.2) is 40.5 Å². The number of aromatic nitrogens is 2. The first kappa shape index (κ1) is 15.5. The van der Waals surface area contributed by atoms with E-state index in [2.05, 4.69) is 15.5 Å². The Labute approximate surface area is 132 Å². The molecule has 3 N–H and O–H groups in total. The van der Waals surface area contributed by atoms with Gasteiger partial charge in [0.15, 0.2) is 5.69 Å². The molecule has 122 valence electrons. The summed E-state index contributed by atoms with van der Waals surface area (Å²) in [5.74, 6) is -0.191. The summed E-state index contributed by atoms with van der Waals surface area (Å²) < 4.78 is 18.1. The van der Waals surface area contributed by atoms with Gasteiger partial charge in [0.2, 0.25) is 0 Å². The van der Waals surface area contributed by atoms with Crippen molar-refractivity contribution in [3.05, 3.63) is 47.0 Å². The van der Waals surface area contributed by atoms with Crippen LogP contribution in [0, 0.1) is 5.82 Å². The molecule has 1 aliphatic rings. The van der Waals surface area contributed by atoms with Crippen LogP contribution in [0.2, 0.25) is 0 Å². The number of aryl methyl sites for hydroxylation is 1. The van der Waals surface area contributed by atoms with Crippen molar-refractivity contribution in [2.24, 2.45) is 0 Å². The third kappa shape index (κ3) is 3.68. The van der Waals surface area contributed by atoms with Crippen molar-refractivity contribution in [1.29, 1.82) is 0 Å². The third-order valence-corrected chi connectivity index (χ3v) is 3.78. The van der Waals surface area contributed by atoms with Crippen LogP contribution in [0.4, 0.5) is 4.39 Å². The van der Waals surface area contributed by atoms with E-state index in [9.17, 15) is 14.3 Å². The van der Waals surface area contributed by atoms with Gasteiger partial charge < -0.3 is 15.2 Å². The quantitative estimate of drug-likeness (QED) is 0.747. The number of amides is 1. The second-order valence-electron chi connectivity index (χ2n) is 5.51. The maximum Gasteiger partial charge on any atom is 0.272 e. The topological polar surface area (TPSA) is 87.2 Å². The lowest BCUT2D eigenvalue weighted by Gasteiger charge is -2.13. The maximum atomic E-state index is 12.8. The number of rotatable bonds is 6. The zero-order valence-corrected chi connectivity index (χ0v) is 12.5. The number of benzene rings is 1. The Balaban J connectivity index is 1.46. The number of aliphatic hydroxyl groups excluding tert-OH is 1. The molecule has 1 aliphatic carbocycles. The maximum absolute atomic E-state index is 12.8. The minimum atomic E-state index is -0.865. The zero-order valence-electron chi connectivity index (χ0n) is 12.5. The molecule has 0 spiro atoms. The summed E-state index contributed by atoms with van der Waals surface area (Å²) in [6.45, 7) is 0.0618. The van der Waals surface area contributed by atoms with Gasteiger partial charge in [-0.25, -0.2) is 4.39 Å². The molecule has 0 bridgehead atoms. The monoisotopic (exact) mass is 319 g/mol. The fourth-order valence-electron chi connectivity index (χ4n) is 2.58. The van der Waals surface area contributed by atoms with Crippen molar-refractivity contribution in [3.63, 3.8) is 0 Å². The highest BCUT2D eigenvalue weighted by Gasteiger charge is 2.23. The zero-order chi connectivity index (χ0) is 16.2. The number of aliphatic hydroxyl groups is 1. The minimum absolute atomic E-state index is 0.00455. The number of carbonyl (C=O) groups excluding carboxylic acids is 1. The molecule has 0 fully saturated rings. The smallest absolute Gasteiger partial charge is 0.272 e. The van der Waals surface area contributed by atoms with E-state index < -0.39 is 6.10 Å². The fraction of sp³-hybridized carbons (Fsp3) is 0.375. The van der Waals surface area contributed by atoms with Crippen molar-refractivity contribution in [2.75, 3.05) is 13.2 Å². The summed E-state index contributed by atoms with van der Waals surface area (Å²) in [6.07, 6.45) is 1.93. The first-order valence-corrected chi connectivity index (χ1v) is 7.54. The lowest BCUT2D eigenvalue weighted by Crippen LogP contribution is -2.35. The van der Waals surface area contributed by atoms with E-state index >= 15 is 0 Å². The van der Waals surface area contributed by atoms with E-state index in [0.717, 1.165) is 30.5 Å². The predicted octanol–water partition coefficient (Wildman–Crippen LogP) is 1.21. The lowest BCUT2D eigenvalue weighted by atomic mass is 10.2. The number of aromatic amines is 1. The molecular weight excluding hydrogens is 301 g/mol. The Morgan fingerprint density at radius 1 is 1.39 bits per heavy atom. The first-order valence-electron chi connectivity index (χ1n) is 7.54. The molecule has 2 aromatic rings. The van der Waals surface area contributed by atoms with Crippen molar-refractivity contribution in [3.8, 4) is 5.75 Å². The lowest BCUT2D eigenvalue weighted by molar-refractivity contribution is 0.0839. The van der Waals surface area contributed by atoms with E-state index in [0.29, 0.717) is 11.4 Å². The highest BCUT2D eigenvalue weighted by Crippen LogP contribution is 2.22. The Morgan fingerprint density at radius 3 is 2.96 bits per heavy atom. The van der Waals surface area contributed by atoms with Gasteiger partial charge in [0.1, 0.15) is 24.3 Å². The second kappa shape index (κ2) is 6.78. The number of fused-ring (bicyclic) bond motifs is 1. The van der Waals surface area contributed by atoms with Crippen LogP contribution in [0.5, 0.6) is 5.75 Å². The SMILES string of the molecule is O=C(NCC(O)COc1ccc(F)cc1)c1n[nH]c2c1CCC2. The highest BCUT2D eigenvalue weighted by molar-refractivity contribution is 5.94. The van der Waals surface area contributed by atoms with Crippen molar-refractivity contribution in [2.45, 2.75) is 25.4 Å². The largest absolute Gasteiger partial charge is 0.491 e. The summed E-state index contributed by atoms with van der Waals surface area (Å²) in [4.78, 5) is 12.1. The molecule has 1 heterocycles. The summed E-state index contributed by atoms with van der Waals surface area (Å²) in [5.41, 5.74) is 2.40. The van der Waals surface area contributed by atoms with E-state index in [1.165, 1.54) is 24.3 Å². The van der Waals surface area contributed by atoms with E-state index in [-0.39, 0.29) is 24.9 Å². The highest BCUT2D eigenvalue weighted by atomic mass is 19.1. The van der Waals surface area contributed by atoms with Gasteiger partial charge in [-0.3, -0.25) is 9.89 Å². The number of halogens is 1. The number of hydrogen-bond acceptors (Lipinski definition) is 4. The molecular formula is C16H18FN3O3. The number of nitrogens with zero attached hydrogens (tertiary/aromatic N) is 1. The molecule has 0 radical (unpaired) electrons. The number of nitrogens with one attached hydrogen (secondary N) is 2.